The number of benzene rings is 2. The zero-order valence-electron chi connectivity index (χ0n) is 16.7. The van der Waals surface area contributed by atoms with Gasteiger partial charge in [-0.3, -0.25) is 9.59 Å². The zero-order chi connectivity index (χ0) is 22.5. The molecule has 0 unspecified atom stereocenters. The van der Waals surface area contributed by atoms with Gasteiger partial charge in [-0.05, 0) is 47.4 Å². The third kappa shape index (κ3) is 5.25. The van der Waals surface area contributed by atoms with E-state index in [2.05, 4.69) is 5.32 Å². The molecular formula is C22H20F2N2O5. The molecular weight excluding hydrogens is 410 g/mol. The van der Waals surface area contributed by atoms with E-state index in [1.54, 1.807) is 24.3 Å². The number of carboxylic acid groups (broad SMARTS) is 1. The van der Waals surface area contributed by atoms with Crippen molar-refractivity contribution < 1.29 is 33.0 Å². The molecule has 0 fully saturated rings. The van der Waals surface area contributed by atoms with Crippen LogP contribution >= 0.6 is 0 Å². The van der Waals surface area contributed by atoms with Crippen molar-refractivity contribution in [2.24, 2.45) is 0 Å². The second kappa shape index (κ2) is 9.38. The predicted octanol–water partition coefficient (Wildman–Crippen LogP) is 3.92. The van der Waals surface area contributed by atoms with E-state index < -0.39 is 35.2 Å². The Hall–Kier alpha value is -3.75. The molecule has 9 heteroatoms. The van der Waals surface area contributed by atoms with Crippen LogP contribution in [0.4, 0.5) is 19.3 Å². The molecule has 3 rings (SSSR count). The summed E-state index contributed by atoms with van der Waals surface area (Å²) in [6, 6.07) is 9.73. The van der Waals surface area contributed by atoms with Gasteiger partial charge in [0.2, 0.25) is 0 Å². The van der Waals surface area contributed by atoms with Crippen LogP contribution in [0.3, 0.4) is 0 Å². The summed E-state index contributed by atoms with van der Waals surface area (Å²) < 4.78 is 32.6. The van der Waals surface area contributed by atoms with Crippen LogP contribution in [-0.4, -0.2) is 47.7 Å². The van der Waals surface area contributed by atoms with Crippen LogP contribution in [0.15, 0.2) is 48.0 Å². The second-order valence-electron chi connectivity index (χ2n) is 6.94. The lowest BCUT2D eigenvalue weighted by Gasteiger charge is -2.29. The molecule has 0 aromatic heterocycles. The smallest absolute Gasteiger partial charge is 0.407 e. The van der Waals surface area contributed by atoms with E-state index in [1.165, 1.54) is 17.9 Å². The first kappa shape index (κ1) is 21.9. The normalized spacial score (nSPS) is 13.7. The van der Waals surface area contributed by atoms with Crippen molar-refractivity contribution in [1.29, 1.82) is 0 Å². The van der Waals surface area contributed by atoms with Crippen LogP contribution in [0.5, 0.6) is 0 Å². The van der Waals surface area contributed by atoms with E-state index in [9.17, 15) is 28.3 Å². The lowest BCUT2D eigenvalue weighted by Crippen LogP contribution is -2.36. The standard InChI is InChI=1S/C22H20F2N2O5/c1-13(27)31-12-15-11-26(22(29)30)10-9-17(15)14-5-7-16(8-6-14)25-21(28)20-18(23)3-2-4-19(20)24/h2-8H,9-12H2,1H3,(H,25,28)(H,29,30). The molecule has 0 spiro atoms. The summed E-state index contributed by atoms with van der Waals surface area (Å²) in [5, 5.41) is 11.7. The molecule has 0 saturated heterocycles. The zero-order valence-corrected chi connectivity index (χ0v) is 16.7. The molecule has 31 heavy (non-hydrogen) atoms. The van der Waals surface area contributed by atoms with Crippen molar-refractivity contribution in [1.82, 2.24) is 4.90 Å². The molecule has 2 amide bonds. The number of carbonyl (C=O) groups is 3. The van der Waals surface area contributed by atoms with Crippen LogP contribution in [0.1, 0.15) is 29.3 Å². The quantitative estimate of drug-likeness (QED) is 0.701. The number of rotatable bonds is 5. The van der Waals surface area contributed by atoms with Gasteiger partial charge in [0.05, 0.1) is 0 Å². The Morgan fingerprint density at radius 3 is 2.32 bits per heavy atom. The number of amides is 2. The molecule has 2 aromatic carbocycles. The molecule has 0 atom stereocenters. The number of esters is 1. The van der Waals surface area contributed by atoms with Crippen molar-refractivity contribution in [3.8, 4) is 0 Å². The largest absolute Gasteiger partial charge is 0.465 e. The number of anilines is 1. The van der Waals surface area contributed by atoms with Gasteiger partial charge in [0.25, 0.3) is 5.91 Å². The number of ether oxygens (including phenoxy) is 1. The molecule has 0 aliphatic carbocycles. The molecule has 1 aliphatic heterocycles. The number of nitrogens with zero attached hydrogens (tertiary/aromatic N) is 1. The van der Waals surface area contributed by atoms with Crippen molar-refractivity contribution in [3.05, 3.63) is 70.8 Å². The summed E-state index contributed by atoms with van der Waals surface area (Å²) in [5.74, 6) is -3.30. The molecule has 1 aliphatic rings. The van der Waals surface area contributed by atoms with Crippen LogP contribution in [0, 0.1) is 11.6 Å². The predicted molar refractivity (Wildman–Crippen MR) is 109 cm³/mol. The molecule has 0 radical (unpaired) electrons. The van der Waals surface area contributed by atoms with Crippen molar-refractivity contribution in [3.63, 3.8) is 0 Å². The molecule has 2 aromatic rings. The van der Waals surface area contributed by atoms with Gasteiger partial charge in [-0.2, -0.15) is 0 Å². The van der Waals surface area contributed by atoms with E-state index in [1.807, 2.05) is 0 Å². The van der Waals surface area contributed by atoms with E-state index in [0.717, 1.165) is 23.3 Å². The summed E-state index contributed by atoms with van der Waals surface area (Å²) >= 11 is 0. The minimum Gasteiger partial charge on any atom is -0.465 e. The molecule has 1 heterocycles. The number of hydrogen-bond donors (Lipinski definition) is 2. The number of carbonyl (C=O) groups excluding carboxylic acids is 2. The van der Waals surface area contributed by atoms with E-state index in [0.29, 0.717) is 24.2 Å². The van der Waals surface area contributed by atoms with Gasteiger partial charge in [0.1, 0.15) is 23.8 Å². The summed E-state index contributed by atoms with van der Waals surface area (Å²) in [6.45, 7) is 1.65. The minimum atomic E-state index is -1.06. The third-order valence-corrected chi connectivity index (χ3v) is 4.84. The van der Waals surface area contributed by atoms with Crippen LogP contribution in [0.2, 0.25) is 0 Å². The van der Waals surface area contributed by atoms with Gasteiger partial charge in [-0.25, -0.2) is 13.6 Å². The summed E-state index contributed by atoms with van der Waals surface area (Å²) in [6.07, 6.45) is -0.632. The van der Waals surface area contributed by atoms with Crippen LogP contribution in [-0.2, 0) is 9.53 Å². The third-order valence-electron chi connectivity index (χ3n) is 4.84. The fourth-order valence-electron chi connectivity index (χ4n) is 3.32. The topological polar surface area (TPSA) is 95.9 Å². The summed E-state index contributed by atoms with van der Waals surface area (Å²) in [7, 11) is 0. The maximum atomic E-state index is 13.8. The molecule has 2 N–H and O–H groups in total. The Balaban J connectivity index is 1.81. The fourth-order valence-corrected chi connectivity index (χ4v) is 3.32. The first-order valence-electron chi connectivity index (χ1n) is 9.44. The SMILES string of the molecule is CC(=O)OCC1=C(c2ccc(NC(=O)c3c(F)cccc3F)cc2)CCN(C(=O)O)C1. The highest BCUT2D eigenvalue weighted by molar-refractivity contribution is 6.04. The Labute approximate surface area is 176 Å². The lowest BCUT2D eigenvalue weighted by atomic mass is 9.93. The van der Waals surface area contributed by atoms with E-state index >= 15 is 0 Å². The lowest BCUT2D eigenvalue weighted by molar-refractivity contribution is -0.140. The Bertz CT molecular complexity index is 1030. The highest BCUT2D eigenvalue weighted by Gasteiger charge is 2.24. The number of nitrogens with one attached hydrogen (secondary N) is 1. The summed E-state index contributed by atoms with van der Waals surface area (Å²) in [4.78, 5) is 36.0. The average molecular weight is 430 g/mol. The minimum absolute atomic E-state index is 0.0283. The molecule has 162 valence electrons. The number of halogens is 2. The van der Waals surface area contributed by atoms with Crippen LogP contribution in [0.25, 0.3) is 5.57 Å². The van der Waals surface area contributed by atoms with E-state index in [-0.39, 0.29) is 13.2 Å². The van der Waals surface area contributed by atoms with E-state index in [4.69, 9.17) is 4.74 Å². The van der Waals surface area contributed by atoms with Crippen molar-refractivity contribution in [2.75, 3.05) is 25.0 Å². The summed E-state index contributed by atoms with van der Waals surface area (Å²) in [5.41, 5.74) is 1.94. The highest BCUT2D eigenvalue weighted by Crippen LogP contribution is 2.29. The average Bonchev–Trinajstić information content (AvgIpc) is 2.72. The van der Waals surface area contributed by atoms with Gasteiger partial charge in [0, 0.05) is 25.7 Å². The maximum Gasteiger partial charge on any atom is 0.407 e. The Kier molecular flexibility index (Phi) is 6.64. The van der Waals surface area contributed by atoms with Gasteiger partial charge in [0.15, 0.2) is 0 Å². The van der Waals surface area contributed by atoms with Crippen LogP contribution < -0.4 is 5.32 Å². The number of hydrogen-bond acceptors (Lipinski definition) is 4. The first-order valence-corrected chi connectivity index (χ1v) is 9.44. The van der Waals surface area contributed by atoms with Crippen molar-refractivity contribution in [2.45, 2.75) is 13.3 Å². The molecule has 0 saturated carbocycles. The van der Waals surface area contributed by atoms with Gasteiger partial charge < -0.3 is 20.1 Å². The highest BCUT2D eigenvalue weighted by atomic mass is 19.1. The molecule has 0 bridgehead atoms. The van der Waals surface area contributed by atoms with Gasteiger partial charge >= 0.3 is 12.1 Å². The van der Waals surface area contributed by atoms with Gasteiger partial charge in [-0.1, -0.05) is 18.2 Å². The Morgan fingerprint density at radius 2 is 1.74 bits per heavy atom. The first-order chi connectivity index (χ1) is 14.8. The molecule has 7 nitrogen and oxygen atoms in total. The van der Waals surface area contributed by atoms with Gasteiger partial charge in [-0.15, -0.1) is 0 Å². The fraction of sp³-hybridized carbons (Fsp3) is 0.227. The Morgan fingerprint density at radius 1 is 1.10 bits per heavy atom. The maximum absolute atomic E-state index is 13.8. The van der Waals surface area contributed by atoms with Crippen molar-refractivity contribution >= 4 is 29.2 Å². The second-order valence-corrected chi connectivity index (χ2v) is 6.94. The monoisotopic (exact) mass is 430 g/mol.